The zero-order valence-corrected chi connectivity index (χ0v) is 18.1. The molecular weight excluding hydrogens is 374 g/mol. The van der Waals surface area contributed by atoms with Crippen molar-refractivity contribution in [2.75, 3.05) is 75.9 Å². The van der Waals surface area contributed by atoms with Gasteiger partial charge in [0.2, 0.25) is 17.8 Å². The van der Waals surface area contributed by atoms with E-state index < -0.39 is 5.91 Å². The monoisotopic (exact) mass is 409 g/mol. The Hall–Kier alpha value is -2.20. The highest BCUT2D eigenvalue weighted by Gasteiger charge is 2.21. The SMILES string of the molecule is CCN1CCN(c2nc(OCCOCCC(C)C)nc(N(C)CC(N)=O)n2)CC1. The summed E-state index contributed by atoms with van der Waals surface area (Å²) >= 11 is 0. The van der Waals surface area contributed by atoms with E-state index >= 15 is 0 Å². The fraction of sp³-hybridized carbons (Fsp3) is 0.789. The first-order valence-electron chi connectivity index (χ1n) is 10.3. The van der Waals surface area contributed by atoms with Crippen molar-refractivity contribution in [3.63, 3.8) is 0 Å². The number of likely N-dealkylation sites (N-methyl/N-ethyl adjacent to an activating group) is 2. The van der Waals surface area contributed by atoms with Gasteiger partial charge in [-0.25, -0.2) is 0 Å². The normalized spacial score (nSPS) is 15.0. The van der Waals surface area contributed by atoms with Gasteiger partial charge >= 0.3 is 6.01 Å². The third-order valence-electron chi connectivity index (χ3n) is 4.73. The summed E-state index contributed by atoms with van der Waals surface area (Å²) in [6.07, 6.45) is 1.02. The van der Waals surface area contributed by atoms with Crippen molar-refractivity contribution in [3.05, 3.63) is 0 Å². The lowest BCUT2D eigenvalue weighted by Crippen LogP contribution is -2.47. The van der Waals surface area contributed by atoms with Crippen molar-refractivity contribution in [2.24, 2.45) is 11.7 Å². The van der Waals surface area contributed by atoms with E-state index in [0.717, 1.165) is 39.1 Å². The second kappa shape index (κ2) is 11.7. The van der Waals surface area contributed by atoms with Crippen molar-refractivity contribution in [1.82, 2.24) is 19.9 Å². The molecule has 1 saturated heterocycles. The predicted molar refractivity (Wildman–Crippen MR) is 112 cm³/mol. The number of hydrogen-bond donors (Lipinski definition) is 1. The van der Waals surface area contributed by atoms with Crippen LogP contribution in [0.4, 0.5) is 11.9 Å². The second-order valence-corrected chi connectivity index (χ2v) is 7.61. The fourth-order valence-electron chi connectivity index (χ4n) is 2.89. The largest absolute Gasteiger partial charge is 0.461 e. The topological polar surface area (TPSA) is 110 Å². The molecule has 2 N–H and O–H groups in total. The molecule has 0 aromatic carbocycles. The van der Waals surface area contributed by atoms with Crippen LogP contribution in [0.1, 0.15) is 27.2 Å². The minimum absolute atomic E-state index is 0.0187. The smallest absolute Gasteiger partial charge is 0.323 e. The van der Waals surface area contributed by atoms with E-state index in [0.29, 0.717) is 37.6 Å². The molecule has 10 heteroatoms. The molecule has 1 amide bonds. The Labute approximate surface area is 173 Å². The number of hydrogen-bond acceptors (Lipinski definition) is 9. The molecular formula is C19H35N7O3. The van der Waals surface area contributed by atoms with Crippen molar-refractivity contribution in [2.45, 2.75) is 27.2 Å². The number of carbonyl (C=O) groups is 1. The van der Waals surface area contributed by atoms with Gasteiger partial charge in [-0.05, 0) is 18.9 Å². The highest BCUT2D eigenvalue weighted by Crippen LogP contribution is 2.18. The maximum atomic E-state index is 11.3. The van der Waals surface area contributed by atoms with Gasteiger partial charge in [-0.3, -0.25) is 4.79 Å². The molecule has 1 aromatic heterocycles. The van der Waals surface area contributed by atoms with E-state index in [-0.39, 0.29) is 12.6 Å². The van der Waals surface area contributed by atoms with Crippen LogP contribution in [-0.4, -0.2) is 91.9 Å². The first-order valence-corrected chi connectivity index (χ1v) is 10.3. The number of nitrogens with two attached hydrogens (primary N) is 1. The third-order valence-corrected chi connectivity index (χ3v) is 4.73. The zero-order chi connectivity index (χ0) is 21.2. The minimum Gasteiger partial charge on any atom is -0.461 e. The molecule has 29 heavy (non-hydrogen) atoms. The number of piperazine rings is 1. The van der Waals surface area contributed by atoms with E-state index in [4.69, 9.17) is 15.2 Å². The molecule has 1 aliphatic heterocycles. The van der Waals surface area contributed by atoms with Gasteiger partial charge in [0.1, 0.15) is 6.61 Å². The fourth-order valence-corrected chi connectivity index (χ4v) is 2.89. The number of anilines is 2. The molecule has 0 spiro atoms. The van der Waals surface area contributed by atoms with Gasteiger partial charge in [-0.2, -0.15) is 15.0 Å². The van der Waals surface area contributed by atoms with Gasteiger partial charge in [0.15, 0.2) is 0 Å². The molecule has 0 radical (unpaired) electrons. The van der Waals surface area contributed by atoms with Crippen molar-refractivity contribution in [3.8, 4) is 6.01 Å². The Morgan fingerprint density at radius 2 is 1.86 bits per heavy atom. The highest BCUT2D eigenvalue weighted by atomic mass is 16.5. The Kier molecular flexibility index (Phi) is 9.33. The zero-order valence-electron chi connectivity index (χ0n) is 18.1. The molecule has 2 heterocycles. The summed E-state index contributed by atoms with van der Waals surface area (Å²) in [5.41, 5.74) is 5.31. The number of rotatable bonds is 12. The van der Waals surface area contributed by atoms with Gasteiger partial charge in [-0.1, -0.05) is 20.8 Å². The molecule has 0 aliphatic carbocycles. The van der Waals surface area contributed by atoms with E-state index in [2.05, 4.69) is 45.5 Å². The number of nitrogens with zero attached hydrogens (tertiary/aromatic N) is 6. The maximum Gasteiger partial charge on any atom is 0.323 e. The number of ether oxygens (including phenoxy) is 2. The molecule has 0 bridgehead atoms. The molecule has 2 rings (SSSR count). The Morgan fingerprint density at radius 3 is 2.48 bits per heavy atom. The van der Waals surface area contributed by atoms with Crippen LogP contribution in [0.2, 0.25) is 0 Å². The summed E-state index contributed by atoms with van der Waals surface area (Å²) in [5, 5.41) is 0. The van der Waals surface area contributed by atoms with Crippen LogP contribution < -0.4 is 20.3 Å². The van der Waals surface area contributed by atoms with Crippen molar-refractivity contribution < 1.29 is 14.3 Å². The van der Waals surface area contributed by atoms with E-state index in [9.17, 15) is 4.79 Å². The number of primary amides is 1. The van der Waals surface area contributed by atoms with Gasteiger partial charge in [0.25, 0.3) is 0 Å². The quantitative estimate of drug-likeness (QED) is 0.490. The first kappa shape index (κ1) is 23.1. The first-order chi connectivity index (χ1) is 13.9. The Bertz CT molecular complexity index is 636. The van der Waals surface area contributed by atoms with E-state index in [1.165, 1.54) is 0 Å². The van der Waals surface area contributed by atoms with Crippen LogP contribution in [0.25, 0.3) is 0 Å². The van der Waals surface area contributed by atoms with Gasteiger partial charge in [-0.15, -0.1) is 0 Å². The van der Waals surface area contributed by atoms with Crippen LogP contribution in [0.3, 0.4) is 0 Å². The third kappa shape index (κ3) is 7.98. The lowest BCUT2D eigenvalue weighted by Gasteiger charge is -2.34. The van der Waals surface area contributed by atoms with Crippen LogP contribution in [0.5, 0.6) is 6.01 Å². The Balaban J connectivity index is 2.03. The van der Waals surface area contributed by atoms with Crippen LogP contribution >= 0.6 is 0 Å². The number of carbonyl (C=O) groups excluding carboxylic acids is 1. The minimum atomic E-state index is -0.452. The summed E-state index contributed by atoms with van der Waals surface area (Å²) in [5.74, 6) is 1.07. The van der Waals surface area contributed by atoms with Crippen LogP contribution in [-0.2, 0) is 9.53 Å². The van der Waals surface area contributed by atoms with Gasteiger partial charge < -0.3 is 29.9 Å². The Morgan fingerprint density at radius 1 is 1.14 bits per heavy atom. The second-order valence-electron chi connectivity index (χ2n) is 7.61. The molecule has 10 nitrogen and oxygen atoms in total. The van der Waals surface area contributed by atoms with Gasteiger partial charge in [0, 0.05) is 39.8 Å². The summed E-state index contributed by atoms with van der Waals surface area (Å²) in [4.78, 5) is 30.7. The average molecular weight is 410 g/mol. The van der Waals surface area contributed by atoms with E-state index in [1.54, 1.807) is 11.9 Å². The summed E-state index contributed by atoms with van der Waals surface area (Å²) in [6.45, 7) is 12.6. The number of amides is 1. The molecule has 1 aromatic rings. The van der Waals surface area contributed by atoms with Gasteiger partial charge in [0.05, 0.1) is 13.2 Å². The van der Waals surface area contributed by atoms with Crippen molar-refractivity contribution >= 4 is 17.8 Å². The summed E-state index contributed by atoms with van der Waals surface area (Å²) < 4.78 is 11.3. The summed E-state index contributed by atoms with van der Waals surface area (Å²) in [6, 6.07) is 0.228. The van der Waals surface area contributed by atoms with E-state index in [1.807, 2.05) is 0 Å². The molecule has 1 fully saturated rings. The molecule has 164 valence electrons. The van der Waals surface area contributed by atoms with Crippen molar-refractivity contribution in [1.29, 1.82) is 0 Å². The molecule has 1 aliphatic rings. The summed E-state index contributed by atoms with van der Waals surface area (Å²) in [7, 11) is 1.72. The van der Waals surface area contributed by atoms with Crippen LogP contribution in [0, 0.1) is 5.92 Å². The van der Waals surface area contributed by atoms with Crippen LogP contribution in [0.15, 0.2) is 0 Å². The molecule has 0 atom stereocenters. The lowest BCUT2D eigenvalue weighted by molar-refractivity contribution is -0.116. The molecule has 0 saturated carbocycles. The standard InChI is InChI=1S/C19H35N7O3/c1-5-25-7-9-26(10-8-25)18-21-17(24(4)14-16(20)27)22-19(23-18)29-13-12-28-11-6-15(2)3/h15H,5-14H2,1-4H3,(H2,20,27). The number of aromatic nitrogens is 3. The predicted octanol–water partition coefficient (Wildman–Crippen LogP) is 0.377. The highest BCUT2D eigenvalue weighted by molar-refractivity contribution is 5.78. The maximum absolute atomic E-state index is 11.3. The lowest BCUT2D eigenvalue weighted by atomic mass is 10.1. The average Bonchev–Trinajstić information content (AvgIpc) is 2.69. The molecule has 0 unspecified atom stereocenters.